The van der Waals surface area contributed by atoms with Crippen LogP contribution in [0.4, 0.5) is 0 Å². The summed E-state index contributed by atoms with van der Waals surface area (Å²) in [5.74, 6) is -0.963. The highest BCUT2D eigenvalue weighted by Gasteiger charge is 2.43. The molecule has 1 aromatic rings. The van der Waals surface area contributed by atoms with Crippen LogP contribution in [0.2, 0.25) is 0 Å². The molecule has 9 heteroatoms. The summed E-state index contributed by atoms with van der Waals surface area (Å²) in [7, 11) is -2.34. The molecule has 0 unspecified atom stereocenters. The molecule has 30 heavy (non-hydrogen) atoms. The zero-order chi connectivity index (χ0) is 21.8. The topological polar surface area (TPSA) is 117 Å². The third kappa shape index (κ3) is 4.50. The normalized spacial score (nSPS) is 20.1. The Morgan fingerprint density at radius 1 is 1.13 bits per heavy atom. The summed E-state index contributed by atoms with van der Waals surface area (Å²) in [4.78, 5) is 25.4. The Kier molecular flexibility index (Phi) is 6.78. The van der Waals surface area contributed by atoms with E-state index in [0.29, 0.717) is 31.2 Å². The van der Waals surface area contributed by atoms with Gasteiger partial charge in [0.2, 0.25) is 15.9 Å². The van der Waals surface area contributed by atoms with Crippen LogP contribution in [0.5, 0.6) is 0 Å². The van der Waals surface area contributed by atoms with Crippen LogP contribution < -0.4 is 5.32 Å². The number of esters is 1. The molecule has 1 heterocycles. The Labute approximate surface area is 177 Å². The predicted octanol–water partition coefficient (Wildman–Crippen LogP) is 1.95. The van der Waals surface area contributed by atoms with Gasteiger partial charge in [0.15, 0.2) is 0 Å². The highest BCUT2D eigenvalue weighted by atomic mass is 32.2. The molecule has 162 valence electrons. The van der Waals surface area contributed by atoms with Crippen molar-refractivity contribution >= 4 is 21.9 Å². The molecule has 1 N–H and O–H groups in total. The largest absolute Gasteiger partial charge is 0.467 e. The molecule has 1 aliphatic heterocycles. The van der Waals surface area contributed by atoms with Crippen molar-refractivity contribution in [1.29, 1.82) is 5.26 Å². The van der Waals surface area contributed by atoms with Crippen molar-refractivity contribution in [2.24, 2.45) is 5.92 Å². The number of benzene rings is 1. The van der Waals surface area contributed by atoms with Gasteiger partial charge in [0, 0.05) is 19.0 Å². The molecule has 0 spiro atoms. The van der Waals surface area contributed by atoms with Gasteiger partial charge in [0.1, 0.15) is 5.54 Å². The fourth-order valence-corrected chi connectivity index (χ4v) is 5.75. The lowest BCUT2D eigenvalue weighted by atomic mass is 9.81. The second-order valence-corrected chi connectivity index (χ2v) is 9.88. The highest BCUT2D eigenvalue weighted by Crippen LogP contribution is 2.31. The molecule has 0 aromatic heterocycles. The number of hydrogen-bond donors (Lipinski definition) is 1. The Bertz CT molecular complexity index is 922. The van der Waals surface area contributed by atoms with Crippen molar-refractivity contribution in [3.8, 4) is 6.07 Å². The molecule has 1 saturated carbocycles. The number of sulfonamides is 1. The summed E-state index contributed by atoms with van der Waals surface area (Å²) in [5, 5.41) is 11.8. The van der Waals surface area contributed by atoms with Gasteiger partial charge >= 0.3 is 5.97 Å². The van der Waals surface area contributed by atoms with E-state index < -0.39 is 21.5 Å². The maximum Gasteiger partial charge on any atom is 0.331 e. The van der Waals surface area contributed by atoms with Crippen LogP contribution in [0.1, 0.15) is 50.5 Å². The van der Waals surface area contributed by atoms with Gasteiger partial charge in [-0.1, -0.05) is 19.3 Å². The SMILES string of the molecule is COC(=O)C1(NC(=O)C2CCN(S(=O)(=O)c3ccc(C#N)cc3)CC2)CCCCC1. The van der Waals surface area contributed by atoms with Gasteiger partial charge in [-0.25, -0.2) is 13.2 Å². The van der Waals surface area contributed by atoms with Gasteiger partial charge in [0.25, 0.3) is 0 Å². The third-order valence-corrected chi connectivity index (χ3v) is 8.00. The van der Waals surface area contributed by atoms with Gasteiger partial charge in [-0.05, 0) is 49.9 Å². The zero-order valence-electron chi connectivity index (χ0n) is 17.1. The molecule has 8 nitrogen and oxygen atoms in total. The van der Waals surface area contributed by atoms with E-state index in [0.717, 1.165) is 19.3 Å². The maximum absolute atomic E-state index is 12.9. The van der Waals surface area contributed by atoms with Crippen molar-refractivity contribution in [2.45, 2.75) is 55.4 Å². The Balaban J connectivity index is 1.63. The van der Waals surface area contributed by atoms with Crippen LogP contribution in [0.15, 0.2) is 29.2 Å². The predicted molar refractivity (Wildman–Crippen MR) is 109 cm³/mol. The quantitative estimate of drug-likeness (QED) is 0.710. The van der Waals surface area contributed by atoms with Crippen LogP contribution in [0.25, 0.3) is 0 Å². The molecule has 1 amide bonds. The van der Waals surface area contributed by atoms with Gasteiger partial charge in [-0.3, -0.25) is 4.79 Å². The van der Waals surface area contributed by atoms with E-state index in [-0.39, 0.29) is 29.8 Å². The number of nitriles is 1. The summed E-state index contributed by atoms with van der Waals surface area (Å²) >= 11 is 0. The van der Waals surface area contributed by atoms with Crippen molar-refractivity contribution in [2.75, 3.05) is 20.2 Å². The van der Waals surface area contributed by atoms with E-state index in [1.165, 1.54) is 35.7 Å². The van der Waals surface area contributed by atoms with Gasteiger partial charge in [0.05, 0.1) is 23.6 Å². The van der Waals surface area contributed by atoms with Crippen molar-refractivity contribution in [1.82, 2.24) is 9.62 Å². The molecule has 0 bridgehead atoms. The van der Waals surface area contributed by atoms with E-state index in [4.69, 9.17) is 10.00 Å². The van der Waals surface area contributed by atoms with Crippen molar-refractivity contribution in [3.05, 3.63) is 29.8 Å². The number of methoxy groups -OCH3 is 1. The first-order valence-corrected chi connectivity index (χ1v) is 11.7. The fourth-order valence-electron chi connectivity index (χ4n) is 4.28. The summed E-state index contributed by atoms with van der Waals surface area (Å²) in [6, 6.07) is 7.77. The smallest absolute Gasteiger partial charge is 0.331 e. The van der Waals surface area contributed by atoms with Crippen LogP contribution >= 0.6 is 0 Å². The van der Waals surface area contributed by atoms with Crippen LogP contribution in [0, 0.1) is 17.2 Å². The van der Waals surface area contributed by atoms with Gasteiger partial charge < -0.3 is 10.1 Å². The molecule has 2 fully saturated rings. The Hall–Kier alpha value is -2.44. The first-order valence-electron chi connectivity index (χ1n) is 10.2. The van der Waals surface area contributed by atoms with E-state index in [9.17, 15) is 18.0 Å². The molecule has 2 aliphatic rings. The second kappa shape index (κ2) is 9.14. The average Bonchev–Trinajstić information content (AvgIpc) is 2.79. The zero-order valence-corrected chi connectivity index (χ0v) is 17.9. The van der Waals surface area contributed by atoms with E-state index in [2.05, 4.69) is 5.32 Å². The summed E-state index contributed by atoms with van der Waals surface area (Å²) in [6.07, 6.45) is 4.65. The highest BCUT2D eigenvalue weighted by molar-refractivity contribution is 7.89. The number of amides is 1. The van der Waals surface area contributed by atoms with Gasteiger partial charge in [-0.15, -0.1) is 0 Å². The second-order valence-electron chi connectivity index (χ2n) is 7.94. The molecule has 1 aliphatic carbocycles. The molecular weight excluding hydrogens is 406 g/mol. The number of hydrogen-bond acceptors (Lipinski definition) is 6. The van der Waals surface area contributed by atoms with E-state index >= 15 is 0 Å². The lowest BCUT2D eigenvalue weighted by Crippen LogP contribution is -2.58. The Morgan fingerprint density at radius 3 is 2.27 bits per heavy atom. The monoisotopic (exact) mass is 433 g/mol. The summed E-state index contributed by atoms with van der Waals surface area (Å²) in [5.41, 5.74) is -0.568. The molecule has 1 saturated heterocycles. The Morgan fingerprint density at radius 2 is 1.73 bits per heavy atom. The van der Waals surface area contributed by atoms with Crippen molar-refractivity contribution < 1.29 is 22.7 Å². The minimum absolute atomic E-state index is 0.135. The van der Waals surface area contributed by atoms with E-state index in [1.54, 1.807) is 0 Å². The third-order valence-electron chi connectivity index (χ3n) is 6.09. The number of nitrogens with zero attached hydrogens (tertiary/aromatic N) is 2. The maximum atomic E-state index is 12.9. The minimum atomic E-state index is -3.67. The number of piperidine rings is 1. The fraction of sp³-hybridized carbons (Fsp3) is 0.571. The average molecular weight is 434 g/mol. The standard InChI is InChI=1S/C21H27N3O5S/c1-29-20(26)21(11-3-2-4-12-21)23-19(25)17-9-13-24(14-10-17)30(27,28)18-7-5-16(15-22)6-8-18/h5-8,17H,2-4,9-14H2,1H3,(H,23,25). The molecular formula is C21H27N3O5S. The first-order chi connectivity index (χ1) is 14.3. The number of rotatable bonds is 5. The molecule has 0 atom stereocenters. The molecule has 0 radical (unpaired) electrons. The number of nitrogens with one attached hydrogen (secondary N) is 1. The van der Waals surface area contributed by atoms with E-state index in [1.807, 2.05) is 6.07 Å². The molecule has 3 rings (SSSR count). The van der Waals surface area contributed by atoms with Crippen LogP contribution in [-0.2, 0) is 24.3 Å². The number of carbonyl (C=O) groups excluding carboxylic acids is 2. The number of ether oxygens (including phenoxy) is 1. The summed E-state index contributed by atoms with van der Waals surface area (Å²) < 4.78 is 32.0. The number of carbonyl (C=O) groups is 2. The van der Waals surface area contributed by atoms with Gasteiger partial charge in [-0.2, -0.15) is 9.57 Å². The van der Waals surface area contributed by atoms with Crippen molar-refractivity contribution in [3.63, 3.8) is 0 Å². The molecule has 1 aromatic carbocycles. The lowest BCUT2D eigenvalue weighted by Gasteiger charge is -2.37. The minimum Gasteiger partial charge on any atom is -0.467 e. The lowest BCUT2D eigenvalue weighted by molar-refractivity contribution is -0.153. The van der Waals surface area contributed by atoms with Crippen LogP contribution in [0.3, 0.4) is 0 Å². The van der Waals surface area contributed by atoms with Crippen LogP contribution in [-0.4, -0.2) is 50.3 Å². The summed E-state index contributed by atoms with van der Waals surface area (Å²) in [6.45, 7) is 0.456. The first kappa shape index (κ1) is 22.2.